The topological polar surface area (TPSA) is 113 Å². The number of amides is 2. The highest BCUT2D eigenvalue weighted by molar-refractivity contribution is 7.89. The lowest BCUT2D eigenvalue weighted by atomic mass is 10.2. The largest absolute Gasteiger partial charge is 0.454 e. The fourth-order valence-electron chi connectivity index (χ4n) is 2.90. The number of sulfonamides is 1. The van der Waals surface area contributed by atoms with E-state index in [1.54, 1.807) is 19.1 Å². The molecule has 1 aliphatic rings. The molecule has 1 aliphatic heterocycles. The second-order valence-corrected chi connectivity index (χ2v) is 9.22. The van der Waals surface area contributed by atoms with E-state index in [1.165, 1.54) is 25.1 Å². The van der Waals surface area contributed by atoms with Gasteiger partial charge in [0.1, 0.15) is 6.54 Å². The number of rotatable bonds is 7. The van der Waals surface area contributed by atoms with Crippen LogP contribution in [0, 0.1) is 6.92 Å². The van der Waals surface area contributed by atoms with Crippen molar-refractivity contribution in [2.45, 2.75) is 37.5 Å². The summed E-state index contributed by atoms with van der Waals surface area (Å²) < 4.78 is 30.8. The van der Waals surface area contributed by atoms with Gasteiger partial charge in [-0.15, -0.1) is 0 Å². The maximum Gasteiger partial charge on any atom is 0.326 e. The Morgan fingerprint density at radius 1 is 1.21 bits per heavy atom. The number of nitrogens with zero attached hydrogens (tertiary/aromatic N) is 2. The van der Waals surface area contributed by atoms with Crippen molar-refractivity contribution in [1.82, 2.24) is 9.21 Å². The maximum absolute atomic E-state index is 12.4. The van der Waals surface area contributed by atoms with Crippen LogP contribution in [-0.2, 0) is 29.1 Å². The van der Waals surface area contributed by atoms with Crippen molar-refractivity contribution in [3.8, 4) is 0 Å². The van der Waals surface area contributed by atoms with E-state index in [9.17, 15) is 22.8 Å². The minimum Gasteiger partial charge on any atom is -0.454 e. The van der Waals surface area contributed by atoms with Crippen LogP contribution in [0.5, 0.6) is 0 Å². The average molecular weight is 426 g/mol. The summed E-state index contributed by atoms with van der Waals surface area (Å²) in [5.41, 5.74) is 0.824. The van der Waals surface area contributed by atoms with Crippen molar-refractivity contribution in [1.29, 1.82) is 0 Å². The van der Waals surface area contributed by atoms with E-state index in [0.29, 0.717) is 18.5 Å². The maximum atomic E-state index is 12.4. The fourth-order valence-corrected chi connectivity index (χ4v) is 4.05. The summed E-state index contributed by atoms with van der Waals surface area (Å²) in [4.78, 5) is 37.5. The summed E-state index contributed by atoms with van der Waals surface area (Å²) in [6.45, 7) is 1.47. The van der Waals surface area contributed by atoms with Crippen molar-refractivity contribution >= 4 is 33.5 Å². The molecule has 0 atom stereocenters. The molecule has 1 N–H and O–H groups in total. The number of ether oxygens (including phenoxy) is 1. The van der Waals surface area contributed by atoms with Crippen LogP contribution >= 0.6 is 0 Å². The van der Waals surface area contributed by atoms with Crippen LogP contribution in [0.4, 0.5) is 5.69 Å². The van der Waals surface area contributed by atoms with Crippen LogP contribution in [0.2, 0.25) is 0 Å². The first-order valence-corrected chi connectivity index (χ1v) is 10.8. The van der Waals surface area contributed by atoms with Gasteiger partial charge < -0.3 is 15.0 Å². The van der Waals surface area contributed by atoms with E-state index in [2.05, 4.69) is 5.32 Å². The summed E-state index contributed by atoms with van der Waals surface area (Å²) in [7, 11) is -0.807. The number of nitrogens with one attached hydrogen (secondary N) is 1. The van der Waals surface area contributed by atoms with Crippen LogP contribution in [0.25, 0.3) is 0 Å². The first kappa shape index (κ1) is 22.8. The SMILES string of the molecule is Cc1ccc(NC(=O)COC(=O)CN2CCCCCC2=O)cc1S(=O)(=O)N(C)C. The zero-order valence-electron chi connectivity index (χ0n) is 16.9. The van der Waals surface area contributed by atoms with Gasteiger partial charge in [0.2, 0.25) is 15.9 Å². The predicted molar refractivity (Wildman–Crippen MR) is 107 cm³/mol. The minimum absolute atomic E-state index is 0.0805. The van der Waals surface area contributed by atoms with Gasteiger partial charge in [-0.2, -0.15) is 0 Å². The molecule has 0 bridgehead atoms. The molecule has 1 heterocycles. The molecule has 9 nitrogen and oxygen atoms in total. The van der Waals surface area contributed by atoms with Crippen LogP contribution in [0.3, 0.4) is 0 Å². The van der Waals surface area contributed by atoms with Crippen LogP contribution in [0.15, 0.2) is 23.1 Å². The zero-order valence-corrected chi connectivity index (χ0v) is 17.8. The van der Waals surface area contributed by atoms with Gasteiger partial charge in [0.15, 0.2) is 6.61 Å². The number of hydrogen-bond acceptors (Lipinski definition) is 6. The lowest BCUT2D eigenvalue weighted by Crippen LogP contribution is -2.36. The number of benzene rings is 1. The molecular weight excluding hydrogens is 398 g/mol. The highest BCUT2D eigenvalue weighted by Gasteiger charge is 2.22. The molecular formula is C19H27N3O6S. The summed E-state index contributed by atoms with van der Waals surface area (Å²) in [5.74, 6) is -1.34. The Kier molecular flexibility index (Phi) is 7.74. The summed E-state index contributed by atoms with van der Waals surface area (Å²) in [6.07, 6.45) is 3.02. The van der Waals surface area contributed by atoms with Crippen molar-refractivity contribution in [3.05, 3.63) is 23.8 Å². The Bertz CT molecular complexity index is 882. The third-order valence-corrected chi connectivity index (χ3v) is 6.54. The van der Waals surface area contributed by atoms with Gasteiger partial charge in [0.05, 0.1) is 4.90 Å². The molecule has 1 saturated heterocycles. The molecule has 160 valence electrons. The lowest BCUT2D eigenvalue weighted by molar-refractivity contribution is -0.151. The highest BCUT2D eigenvalue weighted by atomic mass is 32.2. The van der Waals surface area contributed by atoms with E-state index in [1.807, 2.05) is 0 Å². The van der Waals surface area contributed by atoms with Gasteiger partial charge in [0.25, 0.3) is 5.91 Å². The number of carbonyl (C=O) groups excluding carboxylic acids is 3. The predicted octanol–water partition coefficient (Wildman–Crippen LogP) is 1.13. The molecule has 0 spiro atoms. The van der Waals surface area contributed by atoms with Crippen LogP contribution < -0.4 is 5.32 Å². The van der Waals surface area contributed by atoms with E-state index in [4.69, 9.17) is 4.74 Å². The molecule has 1 fully saturated rings. The van der Waals surface area contributed by atoms with Gasteiger partial charge >= 0.3 is 5.97 Å². The Morgan fingerprint density at radius 3 is 2.62 bits per heavy atom. The first-order chi connectivity index (χ1) is 13.6. The molecule has 29 heavy (non-hydrogen) atoms. The monoisotopic (exact) mass is 425 g/mol. The van der Waals surface area contributed by atoms with Crippen molar-refractivity contribution in [2.75, 3.05) is 39.1 Å². The first-order valence-electron chi connectivity index (χ1n) is 9.37. The van der Waals surface area contributed by atoms with Gasteiger partial charge in [-0.05, 0) is 37.5 Å². The summed E-state index contributed by atoms with van der Waals surface area (Å²) in [6, 6.07) is 4.52. The lowest BCUT2D eigenvalue weighted by Gasteiger charge is -2.19. The van der Waals surface area contributed by atoms with Gasteiger partial charge in [-0.25, -0.2) is 12.7 Å². The second kappa shape index (κ2) is 9.84. The van der Waals surface area contributed by atoms with Crippen LogP contribution in [0.1, 0.15) is 31.2 Å². The third kappa shape index (κ3) is 6.26. The normalized spacial score (nSPS) is 15.2. The number of hydrogen-bond donors (Lipinski definition) is 1. The fraction of sp³-hybridized carbons (Fsp3) is 0.526. The molecule has 0 unspecified atom stereocenters. The number of carbonyl (C=O) groups is 3. The molecule has 0 saturated carbocycles. The molecule has 10 heteroatoms. The Morgan fingerprint density at radius 2 is 1.93 bits per heavy atom. The number of aryl methyl sites for hydroxylation is 1. The summed E-state index contributed by atoms with van der Waals surface area (Å²) >= 11 is 0. The summed E-state index contributed by atoms with van der Waals surface area (Å²) in [5, 5.41) is 2.52. The third-order valence-electron chi connectivity index (χ3n) is 4.59. The Labute approximate surface area is 171 Å². The highest BCUT2D eigenvalue weighted by Crippen LogP contribution is 2.22. The van der Waals surface area contributed by atoms with Crippen molar-refractivity contribution in [3.63, 3.8) is 0 Å². The molecule has 1 aromatic rings. The van der Waals surface area contributed by atoms with Gasteiger partial charge in [-0.3, -0.25) is 14.4 Å². The van der Waals surface area contributed by atoms with E-state index in [-0.39, 0.29) is 23.0 Å². The molecule has 2 rings (SSSR count). The standard InChI is InChI=1S/C19H27N3O6S/c1-14-8-9-15(11-16(14)29(26,27)21(2)3)20-17(23)13-28-19(25)12-22-10-6-4-5-7-18(22)24/h8-9,11H,4-7,10,12-13H2,1-3H3,(H,20,23). The van der Waals surface area contributed by atoms with Crippen molar-refractivity contribution in [2.24, 2.45) is 0 Å². The van der Waals surface area contributed by atoms with E-state index in [0.717, 1.165) is 23.6 Å². The van der Waals surface area contributed by atoms with E-state index < -0.39 is 28.5 Å². The molecule has 0 aromatic heterocycles. The molecule has 1 aromatic carbocycles. The minimum atomic E-state index is -3.66. The molecule has 0 aliphatic carbocycles. The number of esters is 1. The molecule has 0 radical (unpaired) electrons. The average Bonchev–Trinajstić information content (AvgIpc) is 2.85. The molecule has 2 amide bonds. The van der Waals surface area contributed by atoms with Crippen molar-refractivity contribution < 1.29 is 27.5 Å². The van der Waals surface area contributed by atoms with Crippen LogP contribution in [-0.4, -0.2) is 69.2 Å². The zero-order chi connectivity index (χ0) is 21.6. The Hall–Kier alpha value is -2.46. The number of anilines is 1. The Balaban J connectivity index is 1.92. The smallest absolute Gasteiger partial charge is 0.326 e. The second-order valence-electron chi connectivity index (χ2n) is 7.10. The number of likely N-dealkylation sites (tertiary alicyclic amines) is 1. The van der Waals surface area contributed by atoms with Gasteiger partial charge in [-0.1, -0.05) is 12.5 Å². The van der Waals surface area contributed by atoms with E-state index >= 15 is 0 Å². The van der Waals surface area contributed by atoms with Gasteiger partial charge in [0, 0.05) is 32.7 Å². The quantitative estimate of drug-likeness (QED) is 0.655.